The van der Waals surface area contributed by atoms with Crippen LogP contribution in [0.5, 0.6) is 17.6 Å². The SMILES string of the molecule is C#Cc1c(F)ccc2cc(O)cc(-c3nc(OCC)c4c(N5CC6CC[C@H](C5)N6)nc(OCC5(CN6CCC[C@H](F)C6)CC5)nc4c3F)c12. The smallest absolute Gasteiger partial charge is 0.319 e. The molecule has 5 heterocycles. The standard InChI is InChI=1S/C37H39F3N6O3/c1-3-26-28(39)10-7-21-14-25(47)15-27(29(21)26)32-31(40)33-30(35(42-32)48-4-2)34(46-17-23-8-9-24(18-46)41-23)44-36(43-33)49-20-37(11-12-37)19-45-13-5-6-22(38)16-45/h1,7,10,14-15,22-24,41,47H,4-6,8-9,11-13,16-20H2,2H3/t22-,23+,24?/m0/s1. The molecule has 1 aliphatic carbocycles. The average molecular weight is 673 g/mol. The largest absolute Gasteiger partial charge is 0.508 e. The number of rotatable bonds is 9. The summed E-state index contributed by atoms with van der Waals surface area (Å²) in [5.41, 5.74) is -0.360. The molecule has 4 aliphatic rings. The lowest BCUT2D eigenvalue weighted by atomic mass is 9.95. The molecule has 2 N–H and O–H groups in total. The summed E-state index contributed by atoms with van der Waals surface area (Å²) < 4.78 is 58.7. The predicted molar refractivity (Wildman–Crippen MR) is 181 cm³/mol. The summed E-state index contributed by atoms with van der Waals surface area (Å²) >= 11 is 0. The Morgan fingerprint density at radius 2 is 1.84 bits per heavy atom. The molecule has 12 heteroatoms. The number of phenolic OH excluding ortho intramolecular Hbond substituents is 1. The number of phenols is 1. The molecule has 2 aromatic heterocycles. The number of benzene rings is 2. The zero-order valence-electron chi connectivity index (χ0n) is 27.4. The van der Waals surface area contributed by atoms with Crippen LogP contribution in [-0.4, -0.2) is 89.2 Å². The first-order chi connectivity index (χ1) is 23.7. The number of ether oxygens (including phenoxy) is 2. The van der Waals surface area contributed by atoms with Crippen LogP contribution in [0.3, 0.4) is 0 Å². The Labute approximate surface area is 282 Å². The van der Waals surface area contributed by atoms with E-state index in [1.165, 1.54) is 24.3 Å². The molecule has 3 aliphatic heterocycles. The molecule has 3 atom stereocenters. The fraction of sp³-hybridized carbons (Fsp3) is 0.486. The highest BCUT2D eigenvalue weighted by Crippen LogP contribution is 2.47. The van der Waals surface area contributed by atoms with E-state index in [1.807, 2.05) is 0 Å². The second-order valence-corrected chi connectivity index (χ2v) is 14.0. The van der Waals surface area contributed by atoms with Gasteiger partial charge in [-0.15, -0.1) is 6.42 Å². The van der Waals surface area contributed by atoms with E-state index in [0.717, 1.165) is 45.2 Å². The number of halogens is 3. The second-order valence-electron chi connectivity index (χ2n) is 14.0. The molecule has 2 bridgehead atoms. The van der Waals surface area contributed by atoms with Crippen LogP contribution in [0, 0.1) is 29.4 Å². The number of anilines is 1. The van der Waals surface area contributed by atoms with Gasteiger partial charge < -0.3 is 24.8 Å². The molecule has 4 aromatic rings. The Balaban J connectivity index is 1.27. The van der Waals surface area contributed by atoms with Crippen LogP contribution in [-0.2, 0) is 0 Å². The molecule has 2 aromatic carbocycles. The van der Waals surface area contributed by atoms with E-state index in [1.54, 1.807) is 6.92 Å². The minimum absolute atomic E-state index is 0.0243. The van der Waals surface area contributed by atoms with Crippen molar-refractivity contribution in [2.45, 2.75) is 63.7 Å². The van der Waals surface area contributed by atoms with Gasteiger partial charge in [-0.1, -0.05) is 12.0 Å². The Morgan fingerprint density at radius 3 is 2.55 bits per heavy atom. The molecule has 1 saturated carbocycles. The highest BCUT2D eigenvalue weighted by molar-refractivity contribution is 6.04. The Hall–Kier alpha value is -4.34. The monoisotopic (exact) mass is 672 g/mol. The van der Waals surface area contributed by atoms with Crippen LogP contribution in [0.4, 0.5) is 19.0 Å². The van der Waals surface area contributed by atoms with E-state index in [9.17, 15) is 13.9 Å². The van der Waals surface area contributed by atoms with Gasteiger partial charge in [-0.25, -0.2) is 18.2 Å². The van der Waals surface area contributed by atoms with Crippen LogP contribution in [0.2, 0.25) is 0 Å². The quantitative estimate of drug-likeness (QED) is 0.216. The molecule has 0 spiro atoms. The topological polar surface area (TPSA) is 95.9 Å². The Kier molecular flexibility index (Phi) is 8.15. The number of alkyl halides is 1. The van der Waals surface area contributed by atoms with E-state index < -0.39 is 17.8 Å². The van der Waals surface area contributed by atoms with Crippen molar-refractivity contribution in [3.8, 4) is 41.2 Å². The van der Waals surface area contributed by atoms with Crippen LogP contribution >= 0.6 is 0 Å². The van der Waals surface area contributed by atoms with Gasteiger partial charge in [-0.3, -0.25) is 4.90 Å². The number of likely N-dealkylation sites (tertiary alicyclic amines) is 1. The number of pyridine rings is 1. The van der Waals surface area contributed by atoms with Crippen molar-refractivity contribution in [3.63, 3.8) is 0 Å². The third-order valence-corrected chi connectivity index (χ3v) is 10.4. The van der Waals surface area contributed by atoms with Gasteiger partial charge in [0.25, 0.3) is 0 Å². The summed E-state index contributed by atoms with van der Waals surface area (Å²) in [6.07, 6.45) is 10.3. The van der Waals surface area contributed by atoms with Gasteiger partial charge in [0, 0.05) is 54.6 Å². The Morgan fingerprint density at radius 1 is 1.04 bits per heavy atom. The summed E-state index contributed by atoms with van der Waals surface area (Å²) in [6, 6.07) is 6.00. The van der Waals surface area contributed by atoms with E-state index in [0.29, 0.717) is 49.3 Å². The predicted octanol–water partition coefficient (Wildman–Crippen LogP) is 5.74. The number of nitrogens with one attached hydrogen (secondary N) is 1. The van der Waals surface area contributed by atoms with Crippen molar-refractivity contribution in [1.82, 2.24) is 25.2 Å². The first kappa shape index (κ1) is 31.9. The molecule has 3 saturated heterocycles. The summed E-state index contributed by atoms with van der Waals surface area (Å²) in [6.45, 7) is 5.67. The third kappa shape index (κ3) is 5.97. The van der Waals surface area contributed by atoms with E-state index >= 15 is 4.39 Å². The van der Waals surface area contributed by atoms with Gasteiger partial charge in [0.1, 0.15) is 40.2 Å². The van der Waals surface area contributed by atoms with Crippen molar-refractivity contribution in [2.75, 3.05) is 50.8 Å². The molecule has 1 unspecified atom stereocenters. The summed E-state index contributed by atoms with van der Waals surface area (Å²) in [5, 5.41) is 15.3. The molecule has 0 amide bonds. The van der Waals surface area contributed by atoms with Gasteiger partial charge in [0.05, 0.1) is 18.8 Å². The number of hydrogen-bond acceptors (Lipinski definition) is 9. The number of fused-ring (bicyclic) bond motifs is 4. The van der Waals surface area contributed by atoms with Crippen molar-refractivity contribution in [1.29, 1.82) is 0 Å². The second kappa shape index (κ2) is 12.5. The molecule has 256 valence electrons. The summed E-state index contributed by atoms with van der Waals surface area (Å²) in [5.74, 6) is 1.36. The lowest BCUT2D eigenvalue weighted by molar-refractivity contribution is 0.0974. The number of aromatic nitrogens is 3. The number of piperazine rings is 1. The lowest BCUT2D eigenvalue weighted by Crippen LogP contribution is -2.51. The molecule has 9 nitrogen and oxygen atoms in total. The van der Waals surface area contributed by atoms with Crippen molar-refractivity contribution >= 4 is 27.5 Å². The van der Waals surface area contributed by atoms with Crippen LogP contribution in [0.15, 0.2) is 24.3 Å². The first-order valence-electron chi connectivity index (χ1n) is 17.2. The van der Waals surface area contributed by atoms with Crippen molar-refractivity contribution in [2.24, 2.45) is 5.41 Å². The Bertz CT molecular complexity index is 1970. The summed E-state index contributed by atoms with van der Waals surface area (Å²) in [4.78, 5) is 18.5. The minimum atomic E-state index is -0.812. The number of hydrogen-bond donors (Lipinski definition) is 2. The van der Waals surface area contributed by atoms with Gasteiger partial charge in [0.2, 0.25) is 5.88 Å². The zero-order chi connectivity index (χ0) is 33.9. The highest BCUT2D eigenvalue weighted by Gasteiger charge is 2.46. The molecule has 8 rings (SSSR count). The third-order valence-electron chi connectivity index (χ3n) is 10.4. The van der Waals surface area contributed by atoms with Gasteiger partial charge >= 0.3 is 6.01 Å². The van der Waals surface area contributed by atoms with Gasteiger partial charge in [0.15, 0.2) is 5.82 Å². The number of terminal acetylenes is 1. The van der Waals surface area contributed by atoms with Crippen LogP contribution < -0.4 is 19.7 Å². The van der Waals surface area contributed by atoms with Gasteiger partial charge in [-0.2, -0.15) is 9.97 Å². The fourth-order valence-corrected chi connectivity index (χ4v) is 7.90. The minimum Gasteiger partial charge on any atom is -0.508 e. The summed E-state index contributed by atoms with van der Waals surface area (Å²) in [7, 11) is 0. The van der Waals surface area contributed by atoms with Crippen LogP contribution in [0.1, 0.15) is 51.0 Å². The lowest BCUT2D eigenvalue weighted by Gasteiger charge is -2.34. The maximum atomic E-state index is 17.1. The van der Waals surface area contributed by atoms with E-state index in [4.69, 9.17) is 20.9 Å². The number of aromatic hydroxyl groups is 1. The van der Waals surface area contributed by atoms with E-state index in [2.05, 4.69) is 31.0 Å². The average Bonchev–Trinajstić information content (AvgIpc) is 3.77. The number of nitrogens with zero attached hydrogens (tertiary/aromatic N) is 5. The maximum absolute atomic E-state index is 17.1. The first-order valence-corrected chi connectivity index (χ1v) is 17.2. The molecule has 4 fully saturated rings. The molecule has 49 heavy (non-hydrogen) atoms. The van der Waals surface area contributed by atoms with E-state index in [-0.39, 0.29) is 69.5 Å². The maximum Gasteiger partial charge on any atom is 0.319 e. The molecular weight excluding hydrogens is 633 g/mol. The molecule has 0 radical (unpaired) electrons. The highest BCUT2D eigenvalue weighted by atomic mass is 19.1. The van der Waals surface area contributed by atoms with Crippen molar-refractivity contribution < 1.29 is 27.8 Å². The van der Waals surface area contributed by atoms with Gasteiger partial charge in [-0.05, 0) is 75.6 Å². The zero-order valence-corrected chi connectivity index (χ0v) is 27.4. The fourth-order valence-electron chi connectivity index (χ4n) is 7.90. The molecular formula is C37H39F3N6O3. The normalized spacial score (nSPS) is 23.2. The van der Waals surface area contributed by atoms with Crippen molar-refractivity contribution in [3.05, 3.63) is 41.5 Å². The number of piperidine rings is 1. The van der Waals surface area contributed by atoms with Crippen LogP contribution in [0.25, 0.3) is 32.9 Å².